The van der Waals surface area contributed by atoms with Crippen LogP contribution in [-0.4, -0.2) is 4.98 Å². The van der Waals surface area contributed by atoms with Gasteiger partial charge in [0, 0.05) is 17.0 Å². The number of aromatic nitrogens is 1. The molecule has 3 heteroatoms. The van der Waals surface area contributed by atoms with Gasteiger partial charge in [0.05, 0.1) is 17.4 Å². The van der Waals surface area contributed by atoms with Crippen LogP contribution in [0.15, 0.2) is 54.7 Å². The SMILES string of the molecule is Cc1cc(Cl)ccc1CNc1cnc2ccccc2c1. The van der Waals surface area contributed by atoms with Gasteiger partial charge >= 0.3 is 0 Å². The lowest BCUT2D eigenvalue weighted by Gasteiger charge is -2.10. The monoisotopic (exact) mass is 282 g/mol. The Morgan fingerprint density at radius 3 is 2.80 bits per heavy atom. The third-order valence-electron chi connectivity index (χ3n) is 3.38. The van der Waals surface area contributed by atoms with Gasteiger partial charge in [0.25, 0.3) is 0 Å². The maximum Gasteiger partial charge on any atom is 0.0703 e. The number of fused-ring (bicyclic) bond motifs is 1. The predicted molar refractivity (Wildman–Crippen MR) is 85.3 cm³/mol. The van der Waals surface area contributed by atoms with Gasteiger partial charge in [-0.3, -0.25) is 4.98 Å². The Morgan fingerprint density at radius 1 is 1.10 bits per heavy atom. The number of halogens is 1. The molecule has 0 unspecified atom stereocenters. The van der Waals surface area contributed by atoms with E-state index in [1.807, 2.05) is 36.5 Å². The highest BCUT2D eigenvalue weighted by Gasteiger charge is 2.01. The second-order valence-corrected chi connectivity index (χ2v) is 5.28. The van der Waals surface area contributed by atoms with Crippen molar-refractivity contribution in [2.24, 2.45) is 0 Å². The first-order valence-corrected chi connectivity index (χ1v) is 6.94. The van der Waals surface area contributed by atoms with Crippen LogP contribution in [0.2, 0.25) is 5.02 Å². The summed E-state index contributed by atoms with van der Waals surface area (Å²) in [6, 6.07) is 16.2. The summed E-state index contributed by atoms with van der Waals surface area (Å²) < 4.78 is 0. The summed E-state index contributed by atoms with van der Waals surface area (Å²) in [6.07, 6.45) is 1.87. The zero-order chi connectivity index (χ0) is 13.9. The first-order chi connectivity index (χ1) is 9.72. The molecule has 20 heavy (non-hydrogen) atoms. The summed E-state index contributed by atoms with van der Waals surface area (Å²) in [5.41, 5.74) is 4.47. The number of hydrogen-bond acceptors (Lipinski definition) is 2. The van der Waals surface area contributed by atoms with E-state index >= 15 is 0 Å². The Labute approximate surface area is 123 Å². The number of benzene rings is 2. The molecule has 0 amide bonds. The van der Waals surface area contributed by atoms with Crippen LogP contribution >= 0.6 is 11.6 Å². The van der Waals surface area contributed by atoms with Gasteiger partial charge < -0.3 is 5.32 Å². The number of aryl methyl sites for hydroxylation is 1. The van der Waals surface area contributed by atoms with Gasteiger partial charge in [-0.2, -0.15) is 0 Å². The van der Waals surface area contributed by atoms with Gasteiger partial charge in [-0.25, -0.2) is 0 Å². The van der Waals surface area contributed by atoms with Crippen molar-refractivity contribution in [1.29, 1.82) is 0 Å². The first kappa shape index (κ1) is 12.9. The Morgan fingerprint density at radius 2 is 1.95 bits per heavy atom. The molecule has 0 saturated carbocycles. The highest BCUT2D eigenvalue weighted by atomic mass is 35.5. The minimum absolute atomic E-state index is 0.767. The number of rotatable bonds is 3. The molecule has 3 aromatic rings. The Bertz CT molecular complexity index is 753. The molecule has 1 aromatic heterocycles. The van der Waals surface area contributed by atoms with Crippen LogP contribution in [0.4, 0.5) is 5.69 Å². The molecule has 1 heterocycles. The molecule has 2 nitrogen and oxygen atoms in total. The van der Waals surface area contributed by atoms with Gasteiger partial charge in [0.2, 0.25) is 0 Å². The molecule has 0 spiro atoms. The van der Waals surface area contributed by atoms with E-state index in [1.54, 1.807) is 0 Å². The largest absolute Gasteiger partial charge is 0.380 e. The molecule has 0 radical (unpaired) electrons. The highest BCUT2D eigenvalue weighted by Crippen LogP contribution is 2.19. The Hall–Kier alpha value is -2.06. The van der Waals surface area contributed by atoms with Crippen LogP contribution in [0, 0.1) is 6.92 Å². The van der Waals surface area contributed by atoms with Crippen molar-refractivity contribution in [3.8, 4) is 0 Å². The minimum Gasteiger partial charge on any atom is -0.380 e. The van der Waals surface area contributed by atoms with Gasteiger partial charge in [-0.1, -0.05) is 35.9 Å². The summed E-state index contributed by atoms with van der Waals surface area (Å²) >= 11 is 5.97. The molecule has 0 atom stereocenters. The van der Waals surface area contributed by atoms with E-state index in [4.69, 9.17) is 11.6 Å². The molecule has 0 fully saturated rings. The molecule has 0 saturated heterocycles. The van der Waals surface area contributed by atoms with Gasteiger partial charge in [-0.15, -0.1) is 0 Å². The number of pyridine rings is 1. The van der Waals surface area contributed by atoms with Crippen LogP contribution in [0.3, 0.4) is 0 Å². The van der Waals surface area contributed by atoms with E-state index in [9.17, 15) is 0 Å². The summed E-state index contributed by atoms with van der Waals surface area (Å²) in [5, 5.41) is 5.33. The molecular weight excluding hydrogens is 268 g/mol. The normalized spacial score (nSPS) is 10.7. The standard InChI is InChI=1S/C17H15ClN2/c1-12-8-15(18)7-6-14(12)10-19-16-9-13-4-2-3-5-17(13)20-11-16/h2-9,11,19H,10H2,1H3. The Balaban J connectivity index is 1.79. The molecular formula is C17H15ClN2. The van der Waals surface area contributed by atoms with Crippen LogP contribution in [-0.2, 0) is 6.54 Å². The summed E-state index contributed by atoms with van der Waals surface area (Å²) in [7, 11) is 0. The van der Waals surface area contributed by atoms with Crippen molar-refractivity contribution >= 4 is 28.2 Å². The third-order valence-corrected chi connectivity index (χ3v) is 3.61. The number of para-hydroxylation sites is 1. The number of nitrogens with one attached hydrogen (secondary N) is 1. The maximum atomic E-state index is 5.97. The second kappa shape index (κ2) is 5.51. The molecule has 1 N–H and O–H groups in total. The topological polar surface area (TPSA) is 24.9 Å². The molecule has 100 valence electrons. The van der Waals surface area contributed by atoms with Crippen molar-refractivity contribution in [2.45, 2.75) is 13.5 Å². The molecule has 0 bridgehead atoms. The van der Waals surface area contributed by atoms with Crippen molar-refractivity contribution in [3.63, 3.8) is 0 Å². The zero-order valence-corrected chi connectivity index (χ0v) is 12.0. The van der Waals surface area contributed by atoms with Crippen LogP contribution in [0.25, 0.3) is 10.9 Å². The van der Waals surface area contributed by atoms with Gasteiger partial charge in [0.15, 0.2) is 0 Å². The van der Waals surface area contributed by atoms with E-state index in [2.05, 4.69) is 35.4 Å². The smallest absolute Gasteiger partial charge is 0.0703 e. The number of hydrogen-bond donors (Lipinski definition) is 1. The average molecular weight is 283 g/mol. The summed E-state index contributed by atoms with van der Waals surface area (Å²) in [4.78, 5) is 4.45. The third kappa shape index (κ3) is 2.75. The van der Waals surface area contributed by atoms with Gasteiger partial charge in [-0.05, 0) is 42.3 Å². The van der Waals surface area contributed by atoms with Crippen LogP contribution in [0.5, 0.6) is 0 Å². The molecule has 0 aliphatic carbocycles. The van der Waals surface area contributed by atoms with E-state index in [-0.39, 0.29) is 0 Å². The fourth-order valence-electron chi connectivity index (χ4n) is 2.22. The van der Waals surface area contributed by atoms with Crippen LogP contribution in [0.1, 0.15) is 11.1 Å². The number of anilines is 1. The van der Waals surface area contributed by atoms with Gasteiger partial charge in [0.1, 0.15) is 0 Å². The van der Waals surface area contributed by atoms with Crippen molar-refractivity contribution in [2.75, 3.05) is 5.32 Å². The Kier molecular flexibility index (Phi) is 3.57. The van der Waals surface area contributed by atoms with E-state index in [0.717, 1.165) is 28.2 Å². The quantitative estimate of drug-likeness (QED) is 0.746. The predicted octanol–water partition coefficient (Wildman–Crippen LogP) is 4.81. The highest BCUT2D eigenvalue weighted by molar-refractivity contribution is 6.30. The average Bonchev–Trinajstić information content (AvgIpc) is 2.46. The zero-order valence-electron chi connectivity index (χ0n) is 11.2. The van der Waals surface area contributed by atoms with Crippen molar-refractivity contribution in [1.82, 2.24) is 4.98 Å². The molecule has 3 rings (SSSR count). The fraction of sp³-hybridized carbons (Fsp3) is 0.118. The first-order valence-electron chi connectivity index (χ1n) is 6.56. The maximum absolute atomic E-state index is 5.97. The van der Waals surface area contributed by atoms with E-state index in [1.165, 1.54) is 11.1 Å². The van der Waals surface area contributed by atoms with Crippen LogP contribution < -0.4 is 5.32 Å². The second-order valence-electron chi connectivity index (χ2n) is 4.84. The lowest BCUT2D eigenvalue weighted by molar-refractivity contribution is 1.11. The van der Waals surface area contributed by atoms with E-state index < -0.39 is 0 Å². The van der Waals surface area contributed by atoms with Crippen molar-refractivity contribution in [3.05, 3.63) is 70.9 Å². The molecule has 2 aromatic carbocycles. The fourth-order valence-corrected chi connectivity index (χ4v) is 2.45. The molecule has 0 aliphatic heterocycles. The van der Waals surface area contributed by atoms with E-state index in [0.29, 0.717) is 0 Å². The molecule has 0 aliphatic rings. The minimum atomic E-state index is 0.767. The lowest BCUT2D eigenvalue weighted by atomic mass is 10.1. The summed E-state index contributed by atoms with van der Waals surface area (Å²) in [5.74, 6) is 0. The van der Waals surface area contributed by atoms with Crippen molar-refractivity contribution < 1.29 is 0 Å². The number of nitrogens with zero attached hydrogens (tertiary/aromatic N) is 1. The summed E-state index contributed by atoms with van der Waals surface area (Å²) in [6.45, 7) is 2.84. The lowest BCUT2D eigenvalue weighted by Crippen LogP contribution is -2.01.